The van der Waals surface area contributed by atoms with Gasteiger partial charge >= 0.3 is 0 Å². The van der Waals surface area contributed by atoms with Gasteiger partial charge in [-0.25, -0.2) is 4.39 Å². The minimum absolute atomic E-state index is 0.0711. The van der Waals surface area contributed by atoms with Crippen molar-refractivity contribution in [3.63, 3.8) is 0 Å². The van der Waals surface area contributed by atoms with Gasteiger partial charge < -0.3 is 19.9 Å². The molecule has 2 heterocycles. The van der Waals surface area contributed by atoms with E-state index in [1.165, 1.54) is 24.1 Å². The van der Waals surface area contributed by atoms with E-state index in [4.69, 9.17) is 40.2 Å². The number of hydrogen-bond acceptors (Lipinski definition) is 6. The Kier molecular flexibility index (Phi) is 10.0. The second kappa shape index (κ2) is 13.9. The lowest BCUT2D eigenvalue weighted by atomic mass is 10.1. The highest BCUT2D eigenvalue weighted by Crippen LogP contribution is 2.33. The summed E-state index contributed by atoms with van der Waals surface area (Å²) in [5.74, 6) is -0.348. The van der Waals surface area contributed by atoms with Crippen LogP contribution in [0.25, 0.3) is 0 Å². The normalized spacial score (nSPS) is 17.5. The zero-order chi connectivity index (χ0) is 30.5. The Labute approximate surface area is 265 Å². The molecule has 2 fully saturated rings. The molecule has 2 amide bonds. The summed E-state index contributed by atoms with van der Waals surface area (Å²) in [4.78, 5) is 34.7. The number of nitrogens with one attached hydrogen (secondary N) is 1. The lowest BCUT2D eigenvalue weighted by Gasteiger charge is -2.36. The van der Waals surface area contributed by atoms with Crippen molar-refractivity contribution >= 4 is 69.4 Å². The van der Waals surface area contributed by atoms with Gasteiger partial charge in [0.2, 0.25) is 5.91 Å². The fourth-order valence-corrected chi connectivity index (χ4v) is 6.18. The van der Waals surface area contributed by atoms with Gasteiger partial charge in [0.15, 0.2) is 5.11 Å². The van der Waals surface area contributed by atoms with Crippen molar-refractivity contribution in [1.29, 1.82) is 0 Å². The number of piperazine rings is 1. The summed E-state index contributed by atoms with van der Waals surface area (Å²) in [6, 6.07) is 17.7. The number of ether oxygens (including phenoxy) is 1. The van der Waals surface area contributed by atoms with Crippen molar-refractivity contribution < 1.29 is 18.7 Å². The summed E-state index contributed by atoms with van der Waals surface area (Å²) in [7, 11) is 1.52. The molecular weight excluding hydrogens is 612 g/mol. The largest absolute Gasteiger partial charge is 0.495 e. The molecule has 43 heavy (non-hydrogen) atoms. The van der Waals surface area contributed by atoms with E-state index in [1.54, 1.807) is 54.6 Å². The molecule has 1 N–H and O–H groups in total. The predicted octanol–water partition coefficient (Wildman–Crippen LogP) is 5.68. The zero-order valence-electron chi connectivity index (χ0n) is 23.6. The highest BCUT2D eigenvalue weighted by molar-refractivity contribution is 7.80. The van der Waals surface area contributed by atoms with E-state index in [1.807, 2.05) is 4.90 Å². The minimum atomic E-state index is -0.768. The van der Waals surface area contributed by atoms with E-state index in [2.05, 4.69) is 15.1 Å². The van der Waals surface area contributed by atoms with Gasteiger partial charge in [0, 0.05) is 49.1 Å². The first kappa shape index (κ1) is 31.0. The summed E-state index contributed by atoms with van der Waals surface area (Å²) in [5.41, 5.74) is 2.12. The lowest BCUT2D eigenvalue weighted by Crippen LogP contribution is -2.47. The number of amides is 2. The third kappa shape index (κ3) is 7.38. The van der Waals surface area contributed by atoms with E-state index in [0.29, 0.717) is 38.8 Å². The molecule has 2 aliphatic rings. The maximum Gasteiger partial charge on any atom is 0.256 e. The highest BCUT2D eigenvalue weighted by Gasteiger charge is 2.44. The van der Waals surface area contributed by atoms with Crippen LogP contribution in [0.4, 0.5) is 21.5 Å². The van der Waals surface area contributed by atoms with Gasteiger partial charge in [-0.1, -0.05) is 23.2 Å². The number of anilines is 3. The number of methoxy groups -OCH3 is 1. The molecule has 0 spiro atoms. The Morgan fingerprint density at radius 2 is 1.65 bits per heavy atom. The van der Waals surface area contributed by atoms with Crippen LogP contribution >= 0.6 is 35.4 Å². The van der Waals surface area contributed by atoms with Crippen molar-refractivity contribution in [2.75, 3.05) is 61.5 Å². The standard InChI is InChI=1S/C31H32Cl2FN5O3S/c1-42-28-12-11-25(19-26(28)33)39-30(41)27(20-29(40)35-23-7-3-21(32)4-8-23)38(31(39)43)14-2-13-36-15-17-37(18-16-36)24-9-5-22(34)6-10-24/h3-12,19,27H,2,13-18,20H2,1H3,(H,35,40). The number of carbonyl (C=O) groups is 2. The molecule has 3 aromatic carbocycles. The summed E-state index contributed by atoms with van der Waals surface area (Å²) < 4.78 is 18.6. The molecule has 12 heteroatoms. The Morgan fingerprint density at radius 1 is 0.977 bits per heavy atom. The summed E-state index contributed by atoms with van der Waals surface area (Å²) in [5, 5.41) is 4.09. The van der Waals surface area contributed by atoms with E-state index < -0.39 is 6.04 Å². The molecule has 0 aromatic heterocycles. The number of halogens is 3. The Hall–Kier alpha value is -3.44. The monoisotopic (exact) mass is 643 g/mol. The topological polar surface area (TPSA) is 68.4 Å². The van der Waals surface area contributed by atoms with Crippen LogP contribution in [0.5, 0.6) is 5.75 Å². The van der Waals surface area contributed by atoms with Crippen LogP contribution in [0.3, 0.4) is 0 Å². The van der Waals surface area contributed by atoms with E-state index in [-0.39, 0.29) is 24.1 Å². The average molecular weight is 645 g/mol. The van der Waals surface area contributed by atoms with Crippen LogP contribution in [0.2, 0.25) is 10.0 Å². The molecule has 0 saturated carbocycles. The van der Waals surface area contributed by atoms with Crippen LogP contribution < -0.4 is 19.9 Å². The first-order valence-corrected chi connectivity index (χ1v) is 15.2. The van der Waals surface area contributed by atoms with Crippen LogP contribution in [0, 0.1) is 5.82 Å². The second-order valence-corrected chi connectivity index (χ2v) is 11.6. The molecule has 1 unspecified atom stereocenters. The van der Waals surface area contributed by atoms with Crippen molar-refractivity contribution in [2.45, 2.75) is 18.9 Å². The third-order valence-electron chi connectivity index (χ3n) is 7.66. The maximum atomic E-state index is 13.8. The Bertz CT molecular complexity index is 1470. The highest BCUT2D eigenvalue weighted by atomic mass is 35.5. The van der Waals surface area contributed by atoms with Gasteiger partial charge in [0.25, 0.3) is 5.91 Å². The smallest absolute Gasteiger partial charge is 0.256 e. The second-order valence-electron chi connectivity index (χ2n) is 10.4. The van der Waals surface area contributed by atoms with Gasteiger partial charge in [-0.05, 0) is 91.9 Å². The molecule has 1 atom stereocenters. The van der Waals surface area contributed by atoms with Crippen LogP contribution in [0.1, 0.15) is 12.8 Å². The van der Waals surface area contributed by atoms with Gasteiger partial charge in [0.05, 0.1) is 24.2 Å². The number of thiocarbonyl (C=S) groups is 1. The van der Waals surface area contributed by atoms with Crippen molar-refractivity contribution in [3.8, 4) is 5.75 Å². The summed E-state index contributed by atoms with van der Waals surface area (Å²) in [6.45, 7) is 4.72. The predicted molar refractivity (Wildman–Crippen MR) is 173 cm³/mol. The average Bonchev–Trinajstić information content (AvgIpc) is 3.23. The molecule has 226 valence electrons. The van der Waals surface area contributed by atoms with E-state index >= 15 is 0 Å². The third-order valence-corrected chi connectivity index (χ3v) is 8.62. The van der Waals surface area contributed by atoms with Crippen molar-refractivity contribution in [1.82, 2.24) is 9.80 Å². The lowest BCUT2D eigenvalue weighted by molar-refractivity contribution is -0.124. The first-order chi connectivity index (χ1) is 20.7. The molecule has 8 nitrogen and oxygen atoms in total. The number of benzene rings is 3. The molecule has 2 aliphatic heterocycles. The Balaban J connectivity index is 1.24. The van der Waals surface area contributed by atoms with Gasteiger partial charge in [-0.3, -0.25) is 19.4 Å². The van der Waals surface area contributed by atoms with Crippen LogP contribution in [-0.4, -0.2) is 79.1 Å². The molecule has 0 radical (unpaired) electrons. The molecular formula is C31H32Cl2FN5O3S. The zero-order valence-corrected chi connectivity index (χ0v) is 26.0. The Morgan fingerprint density at radius 3 is 2.30 bits per heavy atom. The number of rotatable bonds is 10. The van der Waals surface area contributed by atoms with E-state index in [0.717, 1.165) is 44.8 Å². The number of carbonyl (C=O) groups excluding carboxylic acids is 2. The quantitative estimate of drug-likeness (QED) is 0.285. The maximum absolute atomic E-state index is 13.8. The molecule has 2 saturated heterocycles. The first-order valence-electron chi connectivity index (χ1n) is 14.0. The van der Waals surface area contributed by atoms with Gasteiger partial charge in [0.1, 0.15) is 17.6 Å². The fourth-order valence-electron chi connectivity index (χ4n) is 5.39. The van der Waals surface area contributed by atoms with Crippen LogP contribution in [0.15, 0.2) is 66.7 Å². The summed E-state index contributed by atoms with van der Waals surface area (Å²) in [6.07, 6.45) is 0.675. The molecule has 3 aromatic rings. The summed E-state index contributed by atoms with van der Waals surface area (Å²) >= 11 is 18.2. The fraction of sp³-hybridized carbons (Fsp3) is 0.323. The van der Waals surface area contributed by atoms with Gasteiger partial charge in [-0.15, -0.1) is 0 Å². The number of hydrogen-bond donors (Lipinski definition) is 1. The van der Waals surface area contributed by atoms with Crippen LogP contribution in [-0.2, 0) is 9.59 Å². The van der Waals surface area contributed by atoms with Gasteiger partial charge in [-0.2, -0.15) is 0 Å². The molecule has 5 rings (SSSR count). The molecule has 0 aliphatic carbocycles. The van der Waals surface area contributed by atoms with Crippen molar-refractivity contribution in [3.05, 3.63) is 82.6 Å². The molecule has 0 bridgehead atoms. The number of nitrogens with zero attached hydrogens (tertiary/aromatic N) is 4. The van der Waals surface area contributed by atoms with E-state index in [9.17, 15) is 14.0 Å². The SMILES string of the molecule is COc1ccc(N2C(=O)C(CC(=O)Nc3ccc(Cl)cc3)N(CCCN3CCN(c4ccc(F)cc4)CC3)C2=S)cc1Cl. The minimum Gasteiger partial charge on any atom is -0.495 e. The van der Waals surface area contributed by atoms with Crippen molar-refractivity contribution in [2.24, 2.45) is 0 Å².